The predicted octanol–water partition coefficient (Wildman–Crippen LogP) is 7.03. The van der Waals surface area contributed by atoms with Crippen LogP contribution in [0, 0.1) is 25.2 Å². The third-order valence-electron chi connectivity index (χ3n) is 5.57. The zero-order chi connectivity index (χ0) is 23.9. The molecule has 0 atom stereocenters. The number of carbonyl (C=O) groups excluding carboxylic acids is 1. The molecular weight excluding hydrogens is 438 g/mol. The largest absolute Gasteiger partial charge is 0.326 e. The van der Waals surface area contributed by atoms with Crippen LogP contribution in [0.4, 0.5) is 5.69 Å². The summed E-state index contributed by atoms with van der Waals surface area (Å²) in [5.41, 5.74) is 7.08. The summed E-state index contributed by atoms with van der Waals surface area (Å²) < 4.78 is 0. The number of amides is 1. The van der Waals surface area contributed by atoms with Gasteiger partial charge in [-0.3, -0.25) is 4.79 Å². The molecule has 5 heteroatoms. The maximum atomic E-state index is 12.6. The number of nitrogens with one attached hydrogen (secondary N) is 1. The van der Waals surface area contributed by atoms with Crippen LogP contribution in [0.5, 0.6) is 0 Å². The fraction of sp³-hybridized carbons (Fsp3) is 0.138. The molecule has 3 aromatic carbocycles. The van der Waals surface area contributed by atoms with E-state index >= 15 is 0 Å². The molecule has 4 nitrogen and oxygen atoms in total. The minimum absolute atomic E-state index is 0.0501. The van der Waals surface area contributed by atoms with Crippen LogP contribution < -0.4 is 5.32 Å². The van der Waals surface area contributed by atoms with Crippen LogP contribution in [0.1, 0.15) is 23.1 Å². The van der Waals surface area contributed by atoms with Gasteiger partial charge in [0.15, 0.2) is 0 Å². The smallest absolute Gasteiger partial charge is 0.225 e. The normalized spacial score (nSPS) is 10.5. The van der Waals surface area contributed by atoms with Crippen LogP contribution >= 0.6 is 11.8 Å². The molecule has 0 aliphatic rings. The topological polar surface area (TPSA) is 65.8 Å². The average molecular weight is 464 g/mol. The van der Waals surface area contributed by atoms with Crippen molar-refractivity contribution in [2.45, 2.75) is 25.3 Å². The van der Waals surface area contributed by atoms with Crippen LogP contribution in [0.2, 0.25) is 0 Å². The second-order valence-electron chi connectivity index (χ2n) is 7.99. The van der Waals surface area contributed by atoms with Crippen LogP contribution in [0.15, 0.2) is 90.0 Å². The standard InChI is InChI=1S/C29H25N3OS/c1-20-10-9-11-21(2)28(20)32-27(33)16-17-34-29-25(19-30)24(22-12-5-3-6-13-22)18-26(31-29)23-14-7-4-8-15-23/h3-15,18H,16-17H2,1-2H3,(H,32,33). The first kappa shape index (κ1) is 23.3. The first-order chi connectivity index (χ1) is 16.6. The van der Waals surface area contributed by atoms with E-state index in [4.69, 9.17) is 4.98 Å². The fourth-order valence-electron chi connectivity index (χ4n) is 3.79. The van der Waals surface area contributed by atoms with Crippen molar-refractivity contribution >= 4 is 23.4 Å². The summed E-state index contributed by atoms with van der Waals surface area (Å²) in [6.45, 7) is 3.97. The predicted molar refractivity (Wildman–Crippen MR) is 140 cm³/mol. The van der Waals surface area contributed by atoms with Crippen molar-refractivity contribution in [2.24, 2.45) is 0 Å². The van der Waals surface area contributed by atoms with E-state index in [-0.39, 0.29) is 5.91 Å². The molecule has 4 rings (SSSR count). The van der Waals surface area contributed by atoms with Gasteiger partial charge < -0.3 is 5.32 Å². The van der Waals surface area contributed by atoms with Crippen molar-refractivity contribution in [1.82, 2.24) is 4.98 Å². The van der Waals surface area contributed by atoms with Gasteiger partial charge in [0.25, 0.3) is 0 Å². The number of benzene rings is 3. The Morgan fingerprint density at radius 3 is 2.15 bits per heavy atom. The minimum atomic E-state index is -0.0501. The highest BCUT2D eigenvalue weighted by molar-refractivity contribution is 7.99. The number of pyridine rings is 1. The first-order valence-corrected chi connectivity index (χ1v) is 12.1. The Kier molecular flexibility index (Phi) is 7.41. The second-order valence-corrected chi connectivity index (χ2v) is 9.08. The van der Waals surface area contributed by atoms with Gasteiger partial charge in [0.05, 0.1) is 11.3 Å². The van der Waals surface area contributed by atoms with E-state index in [1.807, 2.05) is 98.8 Å². The Labute approximate surface area is 204 Å². The second kappa shape index (κ2) is 10.8. The molecule has 0 radical (unpaired) electrons. The molecule has 0 bridgehead atoms. The Morgan fingerprint density at radius 2 is 1.53 bits per heavy atom. The van der Waals surface area contributed by atoms with Crippen molar-refractivity contribution in [1.29, 1.82) is 5.26 Å². The lowest BCUT2D eigenvalue weighted by atomic mass is 9.99. The van der Waals surface area contributed by atoms with Gasteiger partial charge in [-0.25, -0.2) is 4.98 Å². The van der Waals surface area contributed by atoms with E-state index in [1.165, 1.54) is 11.8 Å². The number of aryl methyl sites for hydroxylation is 2. The number of nitrogens with zero attached hydrogens (tertiary/aromatic N) is 2. The molecule has 1 heterocycles. The van der Waals surface area contributed by atoms with E-state index in [9.17, 15) is 10.1 Å². The molecule has 1 amide bonds. The summed E-state index contributed by atoms with van der Waals surface area (Å²) in [5, 5.41) is 13.7. The molecule has 0 unspecified atom stereocenters. The summed E-state index contributed by atoms with van der Waals surface area (Å²) in [6.07, 6.45) is 0.321. The molecule has 0 saturated heterocycles. The van der Waals surface area contributed by atoms with Gasteiger partial charge in [-0.05, 0) is 36.6 Å². The fourth-order valence-corrected chi connectivity index (χ4v) is 4.73. The van der Waals surface area contributed by atoms with Crippen molar-refractivity contribution < 1.29 is 4.79 Å². The van der Waals surface area contributed by atoms with Crippen LogP contribution in [0.3, 0.4) is 0 Å². The van der Waals surface area contributed by atoms with Crippen LogP contribution in [0.25, 0.3) is 22.4 Å². The van der Waals surface area contributed by atoms with Crippen molar-refractivity contribution in [3.8, 4) is 28.5 Å². The van der Waals surface area contributed by atoms with Crippen LogP contribution in [-0.2, 0) is 4.79 Å². The van der Waals surface area contributed by atoms with Crippen molar-refractivity contribution in [3.05, 3.63) is 102 Å². The molecular formula is C29H25N3OS. The number of nitriles is 1. The average Bonchev–Trinajstić information content (AvgIpc) is 2.87. The number of aromatic nitrogens is 1. The van der Waals surface area contributed by atoms with Gasteiger partial charge in [0, 0.05) is 29.0 Å². The molecule has 0 aliphatic carbocycles. The Hall–Kier alpha value is -3.88. The minimum Gasteiger partial charge on any atom is -0.326 e. The summed E-state index contributed by atoms with van der Waals surface area (Å²) in [7, 11) is 0. The number of rotatable bonds is 7. The number of hydrogen-bond donors (Lipinski definition) is 1. The molecule has 1 aromatic heterocycles. The third kappa shape index (κ3) is 5.36. The number of anilines is 1. The highest BCUT2D eigenvalue weighted by Gasteiger charge is 2.16. The Morgan fingerprint density at radius 1 is 0.912 bits per heavy atom. The van der Waals surface area contributed by atoms with Gasteiger partial charge in [-0.1, -0.05) is 78.9 Å². The zero-order valence-electron chi connectivity index (χ0n) is 19.2. The summed E-state index contributed by atoms with van der Waals surface area (Å²) in [5.74, 6) is 0.469. The van der Waals surface area contributed by atoms with Gasteiger partial charge >= 0.3 is 0 Å². The van der Waals surface area contributed by atoms with Gasteiger partial charge in [0.2, 0.25) is 5.91 Å². The molecule has 1 N–H and O–H groups in total. The van der Waals surface area contributed by atoms with Crippen molar-refractivity contribution in [3.63, 3.8) is 0 Å². The van der Waals surface area contributed by atoms with E-state index in [2.05, 4.69) is 11.4 Å². The molecule has 0 spiro atoms. The lowest BCUT2D eigenvalue weighted by Gasteiger charge is -2.13. The van der Waals surface area contributed by atoms with E-state index in [0.29, 0.717) is 22.8 Å². The van der Waals surface area contributed by atoms with Crippen molar-refractivity contribution in [2.75, 3.05) is 11.1 Å². The third-order valence-corrected chi connectivity index (χ3v) is 6.54. The van der Waals surface area contributed by atoms with E-state index in [0.717, 1.165) is 39.2 Å². The van der Waals surface area contributed by atoms with Crippen LogP contribution in [-0.4, -0.2) is 16.6 Å². The zero-order valence-corrected chi connectivity index (χ0v) is 20.0. The summed E-state index contributed by atoms with van der Waals surface area (Å²) in [4.78, 5) is 17.4. The number of carbonyl (C=O) groups is 1. The maximum absolute atomic E-state index is 12.6. The molecule has 0 fully saturated rings. The van der Waals surface area contributed by atoms with Gasteiger partial charge in [-0.2, -0.15) is 5.26 Å². The van der Waals surface area contributed by atoms with E-state index < -0.39 is 0 Å². The Bertz CT molecular complexity index is 1330. The molecule has 0 aliphatic heterocycles. The Balaban J connectivity index is 1.59. The maximum Gasteiger partial charge on any atom is 0.225 e. The molecule has 0 saturated carbocycles. The first-order valence-electron chi connectivity index (χ1n) is 11.1. The van der Waals surface area contributed by atoms with Gasteiger partial charge in [-0.15, -0.1) is 11.8 Å². The lowest BCUT2D eigenvalue weighted by molar-refractivity contribution is -0.115. The lowest BCUT2D eigenvalue weighted by Crippen LogP contribution is -2.14. The molecule has 4 aromatic rings. The highest BCUT2D eigenvalue weighted by Crippen LogP contribution is 2.34. The summed E-state index contributed by atoms with van der Waals surface area (Å²) >= 11 is 1.44. The number of para-hydroxylation sites is 1. The SMILES string of the molecule is Cc1cccc(C)c1NC(=O)CCSc1nc(-c2ccccc2)cc(-c2ccccc2)c1C#N. The summed E-state index contributed by atoms with van der Waals surface area (Å²) in [6, 6.07) is 30.1. The highest BCUT2D eigenvalue weighted by atomic mass is 32.2. The van der Waals surface area contributed by atoms with Gasteiger partial charge in [0.1, 0.15) is 11.1 Å². The monoisotopic (exact) mass is 463 g/mol. The van der Waals surface area contributed by atoms with E-state index in [1.54, 1.807) is 0 Å². The quantitative estimate of drug-likeness (QED) is 0.299. The number of thioether (sulfide) groups is 1. The molecule has 168 valence electrons. The number of hydrogen-bond acceptors (Lipinski definition) is 4. The molecule has 34 heavy (non-hydrogen) atoms.